The zero-order valence-corrected chi connectivity index (χ0v) is 38.4. The van der Waals surface area contributed by atoms with Crippen molar-refractivity contribution in [2.24, 2.45) is 0 Å². The van der Waals surface area contributed by atoms with Crippen LogP contribution in [0.2, 0.25) is 0 Å². The van der Waals surface area contributed by atoms with Gasteiger partial charge in [0.1, 0.15) is 17.3 Å². The fraction of sp³-hybridized carbons (Fsp3) is 0.241. The number of rotatable bonds is 9. The molecule has 6 aromatic carbocycles. The minimum atomic E-state index is -0.219. The Morgan fingerprint density at radius 1 is 0.587 bits per heavy atom. The van der Waals surface area contributed by atoms with E-state index in [-0.39, 0.29) is 16.2 Å². The summed E-state index contributed by atoms with van der Waals surface area (Å²) >= 11 is 0. The van der Waals surface area contributed by atoms with E-state index < -0.39 is 0 Å². The average molecular weight is 827 g/mol. The predicted octanol–water partition coefficient (Wildman–Crippen LogP) is 14.5. The molecule has 63 heavy (non-hydrogen) atoms. The Labute approximate surface area is 373 Å². The number of nitrogens with zero attached hydrogens (tertiary/aromatic N) is 4. The molecule has 3 aromatic heterocycles. The highest BCUT2D eigenvalue weighted by Crippen LogP contribution is 2.39. The smallest absolute Gasteiger partial charge is 0.269 e. The topological polar surface area (TPSA) is 35.9 Å². The van der Waals surface area contributed by atoms with Gasteiger partial charge >= 0.3 is 0 Å². The second-order valence-electron chi connectivity index (χ2n) is 19.9. The van der Waals surface area contributed by atoms with Crippen LogP contribution in [0.25, 0.3) is 50.1 Å². The van der Waals surface area contributed by atoms with Gasteiger partial charge in [0.25, 0.3) is 6.33 Å². The van der Waals surface area contributed by atoms with Crippen molar-refractivity contribution in [2.45, 2.75) is 91.4 Å². The monoisotopic (exact) mass is 826 g/mol. The summed E-state index contributed by atoms with van der Waals surface area (Å²) in [4.78, 5) is 4.99. The first-order chi connectivity index (χ1) is 30.1. The third-order valence-corrected chi connectivity index (χ3v) is 12.6. The number of imidazole rings is 1. The van der Waals surface area contributed by atoms with Crippen LogP contribution in [0.1, 0.15) is 103 Å². The summed E-state index contributed by atoms with van der Waals surface area (Å²) in [5.74, 6) is 2.70. The van der Waals surface area contributed by atoms with E-state index >= 15 is 0 Å². The first kappa shape index (κ1) is 41.6. The fourth-order valence-corrected chi connectivity index (χ4v) is 8.89. The molecule has 5 heteroatoms. The second kappa shape index (κ2) is 15.9. The van der Waals surface area contributed by atoms with Gasteiger partial charge in [-0.1, -0.05) is 154 Å². The van der Waals surface area contributed by atoms with E-state index in [0.29, 0.717) is 5.92 Å². The molecule has 5 nitrogen and oxygen atoms in total. The van der Waals surface area contributed by atoms with Gasteiger partial charge in [-0.05, 0) is 111 Å². The zero-order valence-electron chi connectivity index (χ0n) is 38.4. The summed E-state index contributed by atoms with van der Waals surface area (Å²) in [5.41, 5.74) is 12.3. The SMILES string of the molecule is CC(C)c1ccccc1-c1cc(Oc2ccc3c4ccccc4n(-c4cc(C(C)(C)c5ccccc5)ccn4)c3c2)cc(-n2[c-][n+](-c3cccc(C(C)(C)C)c3)c(C(C)(C)C)c2)c1. The summed E-state index contributed by atoms with van der Waals surface area (Å²) in [7, 11) is 0. The molecule has 3 heterocycles. The lowest BCUT2D eigenvalue weighted by Gasteiger charge is -2.26. The molecule has 0 fully saturated rings. The van der Waals surface area contributed by atoms with Crippen LogP contribution in [0.5, 0.6) is 11.5 Å². The highest BCUT2D eigenvalue weighted by Gasteiger charge is 2.26. The molecule has 0 saturated carbocycles. The number of pyridine rings is 1. The van der Waals surface area contributed by atoms with Gasteiger partial charge < -0.3 is 4.74 Å². The van der Waals surface area contributed by atoms with Crippen molar-refractivity contribution < 1.29 is 9.30 Å². The molecule has 0 amide bonds. The molecule has 0 atom stereocenters. The quantitative estimate of drug-likeness (QED) is 0.107. The van der Waals surface area contributed by atoms with Gasteiger partial charge in [0.2, 0.25) is 0 Å². The van der Waals surface area contributed by atoms with Crippen molar-refractivity contribution in [2.75, 3.05) is 0 Å². The van der Waals surface area contributed by atoms with E-state index in [1.165, 1.54) is 33.2 Å². The summed E-state index contributed by atoms with van der Waals surface area (Å²) in [6.07, 6.45) is 7.93. The Balaban J connectivity index is 1.19. The predicted molar refractivity (Wildman–Crippen MR) is 260 cm³/mol. The Kier molecular flexibility index (Phi) is 10.5. The Hall–Kier alpha value is -6.72. The Bertz CT molecular complexity index is 3110. The van der Waals surface area contributed by atoms with E-state index in [0.717, 1.165) is 56.4 Å². The highest BCUT2D eigenvalue weighted by atomic mass is 16.5. The molecule has 0 N–H and O–H groups in total. The normalized spacial score (nSPS) is 12.4. The lowest BCUT2D eigenvalue weighted by Crippen LogP contribution is -2.39. The van der Waals surface area contributed by atoms with Gasteiger partial charge in [0.15, 0.2) is 0 Å². The van der Waals surface area contributed by atoms with E-state index in [2.05, 4.69) is 247 Å². The van der Waals surface area contributed by atoms with Crippen LogP contribution in [-0.2, 0) is 16.2 Å². The summed E-state index contributed by atoms with van der Waals surface area (Å²) in [6.45, 7) is 22.6. The van der Waals surface area contributed by atoms with E-state index in [9.17, 15) is 0 Å². The van der Waals surface area contributed by atoms with Crippen molar-refractivity contribution in [3.63, 3.8) is 0 Å². The molecule has 9 aromatic rings. The molecule has 0 aliphatic carbocycles. The number of fused-ring (bicyclic) bond motifs is 3. The van der Waals surface area contributed by atoms with Gasteiger partial charge in [-0.3, -0.25) is 13.7 Å². The summed E-state index contributed by atoms with van der Waals surface area (Å²) in [5, 5.41) is 2.31. The maximum absolute atomic E-state index is 7.01. The number of aromatic nitrogens is 4. The summed E-state index contributed by atoms with van der Waals surface area (Å²) in [6, 6.07) is 54.2. The van der Waals surface area contributed by atoms with Gasteiger partial charge in [0.05, 0.1) is 28.1 Å². The largest absolute Gasteiger partial charge is 0.458 e. The lowest BCUT2D eigenvalue weighted by molar-refractivity contribution is -0.611. The zero-order chi connectivity index (χ0) is 44.3. The second-order valence-corrected chi connectivity index (χ2v) is 19.9. The lowest BCUT2D eigenvalue weighted by atomic mass is 9.78. The van der Waals surface area contributed by atoms with Crippen LogP contribution in [0.15, 0.2) is 164 Å². The molecule has 0 aliphatic heterocycles. The average Bonchev–Trinajstić information content (AvgIpc) is 3.87. The van der Waals surface area contributed by atoms with E-state index in [1.807, 2.05) is 6.20 Å². The van der Waals surface area contributed by atoms with Crippen LogP contribution in [0.3, 0.4) is 0 Å². The van der Waals surface area contributed by atoms with Crippen LogP contribution in [-0.4, -0.2) is 14.1 Å². The third-order valence-electron chi connectivity index (χ3n) is 12.6. The van der Waals surface area contributed by atoms with Crippen molar-refractivity contribution in [1.29, 1.82) is 0 Å². The van der Waals surface area contributed by atoms with Crippen molar-refractivity contribution >= 4 is 21.8 Å². The molecule has 9 rings (SSSR count). The number of hydrogen-bond donors (Lipinski definition) is 0. The number of hydrogen-bond acceptors (Lipinski definition) is 2. The number of para-hydroxylation sites is 1. The highest BCUT2D eigenvalue weighted by molar-refractivity contribution is 6.09. The molecule has 316 valence electrons. The molecule has 0 spiro atoms. The number of benzene rings is 6. The van der Waals surface area contributed by atoms with Gasteiger partial charge in [-0.15, -0.1) is 0 Å². The Morgan fingerprint density at radius 2 is 1.30 bits per heavy atom. The standard InChI is InChI=1S/C58H58N4O/c1-39(2)48-23-14-15-24-49(48)40-31-45(60-37-54(57(6,7)8)61(38-60)44-22-18-21-42(33-44)56(3,4)5)35-47(32-40)63-46-27-28-51-50-25-16-17-26-52(50)62(53(51)36-46)55-34-43(29-30-59-55)58(9,10)41-19-12-11-13-20-41/h11-37,39H,1-10H3. The van der Waals surface area contributed by atoms with Crippen LogP contribution in [0, 0.1) is 6.33 Å². The van der Waals surface area contributed by atoms with Crippen LogP contribution >= 0.6 is 0 Å². The Morgan fingerprint density at radius 3 is 2.06 bits per heavy atom. The molecule has 0 bridgehead atoms. The van der Waals surface area contributed by atoms with Crippen LogP contribution in [0.4, 0.5) is 0 Å². The number of ether oxygens (including phenoxy) is 1. The maximum Gasteiger partial charge on any atom is 0.269 e. The molecular formula is C58H58N4O. The minimum Gasteiger partial charge on any atom is -0.458 e. The maximum atomic E-state index is 7.01. The first-order valence-corrected chi connectivity index (χ1v) is 22.2. The van der Waals surface area contributed by atoms with Crippen molar-refractivity contribution in [3.8, 4) is 39.8 Å². The molecular weight excluding hydrogens is 769 g/mol. The summed E-state index contributed by atoms with van der Waals surface area (Å²) < 4.78 is 13.6. The van der Waals surface area contributed by atoms with Gasteiger partial charge in [-0.2, -0.15) is 0 Å². The van der Waals surface area contributed by atoms with Crippen molar-refractivity contribution in [3.05, 3.63) is 198 Å². The molecule has 0 saturated heterocycles. The molecule has 0 radical (unpaired) electrons. The van der Waals surface area contributed by atoms with Gasteiger partial charge in [0, 0.05) is 34.6 Å². The first-order valence-electron chi connectivity index (χ1n) is 22.2. The third kappa shape index (κ3) is 7.97. The van der Waals surface area contributed by atoms with E-state index in [1.54, 1.807) is 0 Å². The molecule has 0 aliphatic rings. The van der Waals surface area contributed by atoms with E-state index in [4.69, 9.17) is 9.72 Å². The van der Waals surface area contributed by atoms with Crippen molar-refractivity contribution in [1.82, 2.24) is 14.1 Å². The fourth-order valence-electron chi connectivity index (χ4n) is 8.89. The van der Waals surface area contributed by atoms with Crippen LogP contribution < -0.4 is 9.30 Å². The molecule has 0 unspecified atom stereocenters. The van der Waals surface area contributed by atoms with Gasteiger partial charge in [-0.25, -0.2) is 4.98 Å². The minimum absolute atomic E-state index is 0.0165.